The maximum absolute atomic E-state index is 11.2. The Morgan fingerprint density at radius 1 is 1.22 bits per heavy atom. The fourth-order valence-electron chi connectivity index (χ4n) is 1.40. The molecule has 6 nitrogen and oxygen atoms in total. The fourth-order valence-corrected chi connectivity index (χ4v) is 2.22. The maximum atomic E-state index is 11.2. The van der Waals surface area contributed by atoms with Crippen LogP contribution in [-0.4, -0.2) is 19.5 Å². The number of nitrogens with zero attached hydrogens (tertiary/aromatic N) is 2. The van der Waals surface area contributed by atoms with E-state index in [9.17, 15) is 5.11 Å². The van der Waals surface area contributed by atoms with E-state index in [0.29, 0.717) is 21.7 Å². The normalized spacial score (nSPS) is 10.4. The Labute approximate surface area is 119 Å². The molecule has 8 heteroatoms. The molecule has 0 atom stereocenters. The van der Waals surface area contributed by atoms with Gasteiger partial charge in [0, 0.05) is 28.1 Å². The molecule has 1 aromatic heterocycles. The minimum atomic E-state index is -0.566. The van der Waals surface area contributed by atoms with Gasteiger partial charge in [0.15, 0.2) is 11.7 Å². The van der Waals surface area contributed by atoms with E-state index in [2.05, 4.69) is 41.7 Å². The Morgan fingerprint density at radius 3 is 2.39 bits per heavy atom. The molecule has 0 aliphatic carbocycles. The van der Waals surface area contributed by atoms with Crippen molar-refractivity contribution in [2.45, 2.75) is 0 Å². The summed E-state index contributed by atoms with van der Waals surface area (Å²) in [7, 11) is 3.06. The summed E-state index contributed by atoms with van der Waals surface area (Å²) in [5.41, 5.74) is 0.544. The van der Waals surface area contributed by atoms with Gasteiger partial charge in [-0.25, -0.2) is 0 Å². The van der Waals surface area contributed by atoms with Crippen LogP contribution in [0.25, 0.3) is 5.69 Å². The standard InChI is InChI=1S/C10H8Br2N2O4/c1-16-7-4-8(17-2)6(3-5(7)11)14-9(12)10(15)18-13-14/h3-4H,1-2H3. The lowest BCUT2D eigenvalue weighted by molar-refractivity contribution is -0.681. The third-order valence-electron chi connectivity index (χ3n) is 2.24. The predicted octanol–water partition coefficient (Wildman–Crippen LogP) is 1.57. The number of rotatable bonds is 3. The van der Waals surface area contributed by atoms with Crippen molar-refractivity contribution in [2.24, 2.45) is 0 Å². The van der Waals surface area contributed by atoms with Crippen LogP contribution in [0.5, 0.6) is 17.4 Å². The molecule has 0 spiro atoms. The molecule has 0 saturated heterocycles. The van der Waals surface area contributed by atoms with Crippen LogP contribution in [0.4, 0.5) is 0 Å². The molecule has 18 heavy (non-hydrogen) atoms. The van der Waals surface area contributed by atoms with Crippen LogP contribution < -0.4 is 19.3 Å². The van der Waals surface area contributed by atoms with Gasteiger partial charge < -0.3 is 19.1 Å². The molecule has 2 rings (SSSR count). The third-order valence-corrected chi connectivity index (χ3v) is 3.52. The first-order chi connectivity index (χ1) is 8.58. The second kappa shape index (κ2) is 5.15. The summed E-state index contributed by atoms with van der Waals surface area (Å²) in [6.45, 7) is 0. The van der Waals surface area contributed by atoms with Crippen molar-refractivity contribution >= 4 is 31.9 Å². The van der Waals surface area contributed by atoms with Gasteiger partial charge in [-0.3, -0.25) is 0 Å². The van der Waals surface area contributed by atoms with Crippen molar-refractivity contribution in [1.29, 1.82) is 0 Å². The van der Waals surface area contributed by atoms with Crippen molar-refractivity contribution in [1.82, 2.24) is 5.27 Å². The number of methoxy groups -OCH3 is 2. The molecule has 2 aromatic rings. The molecule has 0 fully saturated rings. The molecule has 0 unspecified atom stereocenters. The van der Waals surface area contributed by atoms with Gasteiger partial charge in [0.25, 0.3) is 5.69 Å². The first-order valence-electron chi connectivity index (χ1n) is 4.75. The van der Waals surface area contributed by atoms with Crippen molar-refractivity contribution in [3.63, 3.8) is 0 Å². The number of halogens is 2. The van der Waals surface area contributed by atoms with E-state index in [4.69, 9.17) is 9.47 Å². The molecule has 0 aliphatic rings. The summed E-state index contributed by atoms with van der Waals surface area (Å²) >= 11 is 6.46. The van der Waals surface area contributed by atoms with Gasteiger partial charge in [-0.05, 0) is 20.6 Å². The third kappa shape index (κ3) is 2.17. The molecule has 1 heterocycles. The van der Waals surface area contributed by atoms with Gasteiger partial charge in [-0.2, -0.15) is 0 Å². The molecule has 0 saturated carbocycles. The van der Waals surface area contributed by atoms with Crippen LogP contribution in [0, 0.1) is 0 Å². The van der Waals surface area contributed by atoms with Crippen molar-refractivity contribution in [3.8, 4) is 23.1 Å². The Bertz CT molecular complexity index is 585. The lowest BCUT2D eigenvalue weighted by atomic mass is 10.2. The lowest BCUT2D eigenvalue weighted by Crippen LogP contribution is -2.34. The summed E-state index contributed by atoms with van der Waals surface area (Å²) in [5.74, 6) is 0.538. The number of hydrogen-bond donors (Lipinski definition) is 0. The average Bonchev–Trinajstić information content (AvgIpc) is 2.70. The molecular formula is C10H8Br2N2O4. The highest BCUT2D eigenvalue weighted by Crippen LogP contribution is 2.33. The average molecular weight is 380 g/mol. The minimum absolute atomic E-state index is 0.179. The van der Waals surface area contributed by atoms with E-state index in [1.807, 2.05) is 0 Å². The van der Waals surface area contributed by atoms with Gasteiger partial charge in [0.05, 0.1) is 24.0 Å². The number of aromatic nitrogens is 2. The summed E-state index contributed by atoms with van der Waals surface area (Å²) in [5, 5.41) is 14.9. The summed E-state index contributed by atoms with van der Waals surface area (Å²) in [4.78, 5) is 0. The summed E-state index contributed by atoms with van der Waals surface area (Å²) in [6.07, 6.45) is 0. The highest BCUT2D eigenvalue weighted by Gasteiger charge is 2.24. The first-order valence-corrected chi connectivity index (χ1v) is 6.33. The van der Waals surface area contributed by atoms with Crippen LogP contribution in [0.1, 0.15) is 0 Å². The molecule has 0 amide bonds. The Kier molecular flexibility index (Phi) is 3.76. The molecule has 1 aromatic carbocycles. The maximum Gasteiger partial charge on any atom is 0.305 e. The van der Waals surface area contributed by atoms with E-state index < -0.39 is 5.95 Å². The van der Waals surface area contributed by atoms with Crippen molar-refractivity contribution in [2.75, 3.05) is 14.2 Å². The molecule has 0 bridgehead atoms. The van der Waals surface area contributed by atoms with Gasteiger partial charge in [0.1, 0.15) is 5.75 Å². The monoisotopic (exact) mass is 378 g/mol. The Morgan fingerprint density at radius 2 is 1.89 bits per heavy atom. The molecule has 0 aliphatic heterocycles. The first kappa shape index (κ1) is 13.2. The van der Waals surface area contributed by atoms with Gasteiger partial charge >= 0.3 is 4.60 Å². The van der Waals surface area contributed by atoms with Crippen LogP contribution in [0.2, 0.25) is 0 Å². The molecule has 0 N–H and O–H groups in total. The summed E-state index contributed by atoms with van der Waals surface area (Å²) in [6, 6.07) is 3.39. The van der Waals surface area contributed by atoms with E-state index in [-0.39, 0.29) is 4.60 Å². The van der Waals surface area contributed by atoms with Crippen LogP contribution in [0.3, 0.4) is 0 Å². The Balaban J connectivity index is 2.63. The highest BCUT2D eigenvalue weighted by atomic mass is 79.9. The predicted molar refractivity (Wildman–Crippen MR) is 66.0 cm³/mol. The topological polar surface area (TPSA) is 71.4 Å². The molecular weight excluding hydrogens is 372 g/mol. The van der Waals surface area contributed by atoms with Crippen LogP contribution >= 0.6 is 31.9 Å². The number of benzene rings is 1. The van der Waals surface area contributed by atoms with E-state index in [0.717, 1.165) is 0 Å². The SMILES string of the molecule is COc1cc(OC)c(-[n+]2noc([O-])c2Br)cc1Br. The quantitative estimate of drug-likeness (QED) is 0.757. The zero-order valence-corrected chi connectivity index (χ0v) is 12.6. The van der Waals surface area contributed by atoms with Crippen molar-refractivity contribution < 1.29 is 23.8 Å². The van der Waals surface area contributed by atoms with Crippen molar-refractivity contribution in [3.05, 3.63) is 21.2 Å². The summed E-state index contributed by atoms with van der Waals surface area (Å²) < 4.78 is 17.1. The molecule has 96 valence electrons. The van der Waals surface area contributed by atoms with Crippen LogP contribution in [-0.2, 0) is 0 Å². The number of hydrogen-bond acceptors (Lipinski definition) is 5. The minimum Gasteiger partial charge on any atom is -0.538 e. The van der Waals surface area contributed by atoms with E-state index >= 15 is 0 Å². The number of ether oxygens (including phenoxy) is 2. The lowest BCUT2D eigenvalue weighted by Gasteiger charge is -2.06. The van der Waals surface area contributed by atoms with Crippen LogP contribution in [0.15, 0.2) is 25.7 Å². The van der Waals surface area contributed by atoms with Gasteiger partial charge in [-0.1, -0.05) is 0 Å². The zero-order valence-electron chi connectivity index (χ0n) is 9.44. The largest absolute Gasteiger partial charge is 0.538 e. The zero-order chi connectivity index (χ0) is 13.3. The second-order valence-electron chi connectivity index (χ2n) is 3.22. The van der Waals surface area contributed by atoms with E-state index in [1.54, 1.807) is 19.2 Å². The van der Waals surface area contributed by atoms with Gasteiger partial charge in [-0.15, -0.1) is 0 Å². The molecule has 0 radical (unpaired) electrons. The second-order valence-corrected chi connectivity index (χ2v) is 4.83. The smallest absolute Gasteiger partial charge is 0.305 e. The fraction of sp³-hybridized carbons (Fsp3) is 0.200. The van der Waals surface area contributed by atoms with E-state index in [1.165, 1.54) is 11.8 Å². The van der Waals surface area contributed by atoms with Gasteiger partial charge in [0.2, 0.25) is 0 Å². The Hall–Kier alpha value is -1.28. The highest BCUT2D eigenvalue weighted by molar-refractivity contribution is 9.10.